The second-order valence-electron chi connectivity index (χ2n) is 13.4. The standard InChI is InChI=1S/C31H50N4O9Si2/c1-19(2)45(20(3)4)40-18-26-28(43-46(44-45,21(5)6)22(7)8)29(30(42-26)34-16-14-27(32)33-31(34)36)41-23(9)39-17-15-24-10-12-25(13-11-24)35(37)38/h10-14,16,19-23,26,28-30H,15,17-18H2,1-9H3,(H2,32,33,36)/t23?,26-,28-,29-,30-/m1/s1. The first-order valence-corrected chi connectivity index (χ1v) is 20.1. The Morgan fingerprint density at radius 1 is 1.00 bits per heavy atom. The van der Waals surface area contributed by atoms with Crippen LogP contribution in [0.5, 0.6) is 0 Å². The number of fused-ring (bicyclic) bond motifs is 1. The largest absolute Gasteiger partial charge is 0.414 e. The molecule has 1 aromatic carbocycles. The van der Waals surface area contributed by atoms with E-state index in [1.807, 2.05) is 0 Å². The highest BCUT2D eigenvalue weighted by Gasteiger charge is 2.62. The number of hydrogen-bond donors (Lipinski definition) is 1. The van der Waals surface area contributed by atoms with E-state index in [2.05, 4.69) is 60.4 Å². The summed E-state index contributed by atoms with van der Waals surface area (Å²) in [6.07, 6.45) is -1.48. The summed E-state index contributed by atoms with van der Waals surface area (Å²) in [6, 6.07) is 7.91. The van der Waals surface area contributed by atoms with Crippen LogP contribution in [-0.4, -0.2) is 69.4 Å². The van der Waals surface area contributed by atoms with Crippen molar-refractivity contribution in [3.63, 3.8) is 0 Å². The summed E-state index contributed by atoms with van der Waals surface area (Å²) in [5.74, 6) is 0.106. The molecule has 2 saturated heterocycles. The lowest BCUT2D eigenvalue weighted by molar-refractivity contribution is -0.384. The third-order valence-electron chi connectivity index (χ3n) is 8.98. The van der Waals surface area contributed by atoms with E-state index in [9.17, 15) is 14.9 Å². The molecule has 1 aromatic heterocycles. The smallest absolute Gasteiger partial charge is 0.351 e. The molecule has 0 aliphatic carbocycles. The maximum Gasteiger partial charge on any atom is 0.351 e. The Bertz CT molecular complexity index is 1370. The van der Waals surface area contributed by atoms with Crippen LogP contribution in [0.3, 0.4) is 0 Å². The number of ether oxygens (including phenoxy) is 3. The van der Waals surface area contributed by atoms with Crippen molar-refractivity contribution in [2.45, 2.75) is 122 Å². The van der Waals surface area contributed by atoms with Gasteiger partial charge in [0, 0.05) is 18.3 Å². The molecule has 2 fully saturated rings. The topological polar surface area (TPSA) is 159 Å². The van der Waals surface area contributed by atoms with Crippen molar-refractivity contribution in [3.05, 3.63) is 62.7 Å². The van der Waals surface area contributed by atoms with Gasteiger partial charge in [-0.25, -0.2) is 4.79 Å². The molecule has 3 heterocycles. The molecule has 0 bridgehead atoms. The molecule has 4 rings (SSSR count). The van der Waals surface area contributed by atoms with E-state index < -0.39 is 58.6 Å². The van der Waals surface area contributed by atoms with Gasteiger partial charge in [-0.2, -0.15) is 4.98 Å². The normalized spacial score (nSPS) is 25.1. The number of aromatic nitrogens is 2. The van der Waals surface area contributed by atoms with E-state index in [1.165, 1.54) is 16.7 Å². The third-order valence-corrected chi connectivity index (χ3v) is 19.2. The Labute approximate surface area is 273 Å². The Morgan fingerprint density at radius 3 is 2.15 bits per heavy atom. The zero-order valence-electron chi connectivity index (χ0n) is 28.4. The number of anilines is 1. The van der Waals surface area contributed by atoms with Gasteiger partial charge in [0.05, 0.1) is 18.1 Å². The minimum atomic E-state index is -3.03. The Kier molecular flexibility index (Phi) is 11.6. The molecule has 46 heavy (non-hydrogen) atoms. The maximum atomic E-state index is 13.1. The molecule has 0 amide bonds. The molecule has 2 N–H and O–H groups in total. The van der Waals surface area contributed by atoms with Crippen molar-refractivity contribution in [2.24, 2.45) is 0 Å². The van der Waals surface area contributed by atoms with Gasteiger partial charge in [-0.1, -0.05) is 67.5 Å². The number of nitrogen functional groups attached to an aromatic ring is 1. The van der Waals surface area contributed by atoms with Gasteiger partial charge in [-0.3, -0.25) is 14.7 Å². The molecule has 0 saturated carbocycles. The van der Waals surface area contributed by atoms with Gasteiger partial charge in [0.15, 0.2) is 12.5 Å². The van der Waals surface area contributed by atoms with E-state index in [0.29, 0.717) is 13.0 Å². The zero-order chi connectivity index (χ0) is 34.0. The number of rotatable bonds is 12. The van der Waals surface area contributed by atoms with Crippen molar-refractivity contribution >= 4 is 28.6 Å². The van der Waals surface area contributed by atoms with Gasteiger partial charge in [-0.15, -0.1) is 0 Å². The van der Waals surface area contributed by atoms with Crippen LogP contribution >= 0.6 is 0 Å². The average Bonchev–Trinajstić information content (AvgIpc) is 3.27. The Morgan fingerprint density at radius 2 is 1.61 bits per heavy atom. The van der Waals surface area contributed by atoms with Crippen LogP contribution in [0.2, 0.25) is 22.2 Å². The van der Waals surface area contributed by atoms with Gasteiger partial charge in [-0.05, 0) is 47.1 Å². The molecular formula is C31H50N4O9Si2. The molecule has 2 aliphatic rings. The number of nitrogens with zero attached hydrogens (tertiary/aromatic N) is 3. The molecule has 1 unspecified atom stereocenters. The van der Waals surface area contributed by atoms with Crippen molar-refractivity contribution in [3.8, 4) is 0 Å². The number of hydrogen-bond acceptors (Lipinski definition) is 11. The molecule has 0 spiro atoms. The first kappa shape index (κ1) is 36.3. The van der Waals surface area contributed by atoms with Crippen LogP contribution in [0.15, 0.2) is 41.3 Å². The molecule has 0 radical (unpaired) electrons. The van der Waals surface area contributed by atoms with Gasteiger partial charge < -0.3 is 32.9 Å². The summed E-state index contributed by atoms with van der Waals surface area (Å²) in [7, 11) is -5.85. The van der Waals surface area contributed by atoms with E-state index in [0.717, 1.165) is 5.56 Å². The Hall–Kier alpha value is -2.51. The Balaban J connectivity index is 1.66. The highest BCUT2D eigenvalue weighted by atomic mass is 28.5. The lowest BCUT2D eigenvalue weighted by Crippen LogP contribution is -2.66. The summed E-state index contributed by atoms with van der Waals surface area (Å²) in [4.78, 5) is 27.6. The molecule has 5 atom stereocenters. The number of nitrogens with two attached hydrogens (primary N) is 1. The fourth-order valence-corrected chi connectivity index (χ4v) is 17.7. The second kappa shape index (κ2) is 14.7. The van der Waals surface area contributed by atoms with Gasteiger partial charge in [0.25, 0.3) is 5.69 Å². The SMILES string of the molecule is CC(OCCc1ccc([N+](=O)[O-])cc1)O[C@@H]1[C@@H]2O[Si](C(C)C)(C(C)C)O[Si](C(C)C)(C(C)C)OC[C@H]2O[C@H]1n1ccc(N)nc1=O. The highest BCUT2D eigenvalue weighted by molar-refractivity contribution is 6.84. The van der Waals surface area contributed by atoms with Crippen LogP contribution in [0.4, 0.5) is 11.5 Å². The fourth-order valence-electron chi connectivity index (χ4n) is 6.50. The fraction of sp³-hybridized carbons (Fsp3) is 0.677. The number of nitro groups is 1. The summed E-state index contributed by atoms with van der Waals surface area (Å²) in [6.45, 7) is 19.5. The second-order valence-corrected chi connectivity index (χ2v) is 22.2. The van der Waals surface area contributed by atoms with Crippen LogP contribution in [0, 0.1) is 10.1 Å². The summed E-state index contributed by atoms with van der Waals surface area (Å²) in [5.41, 5.74) is 6.65. The summed E-state index contributed by atoms with van der Waals surface area (Å²) < 4.78 is 42.1. The molecule has 15 heteroatoms. The maximum absolute atomic E-state index is 13.1. The van der Waals surface area contributed by atoms with Crippen molar-refractivity contribution < 1.29 is 32.1 Å². The average molecular weight is 679 g/mol. The zero-order valence-corrected chi connectivity index (χ0v) is 30.4. The minimum Gasteiger partial charge on any atom is -0.414 e. The van der Waals surface area contributed by atoms with Crippen LogP contribution in [0.25, 0.3) is 0 Å². The lowest BCUT2D eigenvalue weighted by Gasteiger charge is -2.51. The quantitative estimate of drug-likeness (QED) is 0.129. The third kappa shape index (κ3) is 7.46. The number of nitro benzene ring substituents is 1. The predicted octanol–water partition coefficient (Wildman–Crippen LogP) is 5.58. The number of benzene rings is 1. The summed E-state index contributed by atoms with van der Waals surface area (Å²) in [5, 5.41) is 11.0. The van der Waals surface area contributed by atoms with Gasteiger partial charge in [0.1, 0.15) is 24.1 Å². The minimum absolute atomic E-state index is 0.0341. The first-order chi connectivity index (χ1) is 21.6. The van der Waals surface area contributed by atoms with E-state index in [1.54, 1.807) is 31.3 Å². The van der Waals surface area contributed by atoms with E-state index in [4.69, 9.17) is 32.9 Å². The first-order valence-electron chi connectivity index (χ1n) is 16.1. The van der Waals surface area contributed by atoms with Crippen molar-refractivity contribution in [1.82, 2.24) is 9.55 Å². The van der Waals surface area contributed by atoms with Gasteiger partial charge >= 0.3 is 22.8 Å². The molecular weight excluding hydrogens is 629 g/mol. The monoisotopic (exact) mass is 678 g/mol. The highest BCUT2D eigenvalue weighted by Crippen LogP contribution is 2.48. The van der Waals surface area contributed by atoms with Crippen LogP contribution < -0.4 is 11.4 Å². The van der Waals surface area contributed by atoms with Crippen LogP contribution in [-0.2, 0) is 33.6 Å². The van der Waals surface area contributed by atoms with Crippen LogP contribution in [0.1, 0.15) is 74.1 Å². The van der Waals surface area contributed by atoms with Gasteiger partial charge in [0.2, 0.25) is 0 Å². The number of non-ortho nitro benzene ring substituents is 1. The predicted molar refractivity (Wildman–Crippen MR) is 178 cm³/mol. The molecule has 13 nitrogen and oxygen atoms in total. The van der Waals surface area contributed by atoms with E-state index in [-0.39, 0.29) is 40.3 Å². The molecule has 2 aliphatic heterocycles. The van der Waals surface area contributed by atoms with Crippen molar-refractivity contribution in [1.29, 1.82) is 0 Å². The molecule has 2 aromatic rings. The summed E-state index contributed by atoms with van der Waals surface area (Å²) >= 11 is 0. The van der Waals surface area contributed by atoms with Crippen molar-refractivity contribution in [2.75, 3.05) is 18.9 Å². The van der Waals surface area contributed by atoms with E-state index >= 15 is 0 Å². The lowest BCUT2D eigenvalue weighted by atomic mass is 10.1. The molecule has 256 valence electrons.